The molecule has 0 aromatic heterocycles. The molecule has 1 rings (SSSR count). The zero-order valence-corrected chi connectivity index (χ0v) is 12.1. The van der Waals surface area contributed by atoms with Gasteiger partial charge in [0.05, 0.1) is 12.0 Å². The molecule has 2 amide bonds. The Balaban J connectivity index is 2.55. The molecule has 0 aliphatic heterocycles. The monoisotopic (exact) mass is 309 g/mol. The molecule has 21 heavy (non-hydrogen) atoms. The third-order valence-corrected chi connectivity index (χ3v) is 3.87. The van der Waals surface area contributed by atoms with Crippen molar-refractivity contribution in [2.24, 2.45) is 11.1 Å². The van der Waals surface area contributed by atoms with E-state index in [0.29, 0.717) is 12.8 Å². The molecule has 1 fully saturated rings. The molecule has 0 spiro atoms. The first kappa shape index (κ1) is 17.7. The predicted molar refractivity (Wildman–Crippen MR) is 71.3 cm³/mol. The number of carbonyl (C=O) groups excluding carboxylic acids is 2. The van der Waals surface area contributed by atoms with E-state index in [2.05, 4.69) is 0 Å². The Morgan fingerprint density at radius 2 is 1.81 bits per heavy atom. The number of nitrogens with zero attached hydrogens (tertiary/aromatic N) is 1. The fraction of sp³-hybridized carbons (Fsp3) is 0.846. The topological polar surface area (TPSA) is 75.4 Å². The molecule has 0 atom stereocenters. The quantitative estimate of drug-likeness (QED) is 0.796. The fourth-order valence-electron chi connectivity index (χ4n) is 2.68. The minimum Gasteiger partial charge on any atom is -0.345 e. The number of likely N-dealkylation sites (N-methyl/N-ethyl adjacent to an activating group) is 1. The Morgan fingerprint density at radius 3 is 2.29 bits per heavy atom. The molecule has 1 aliphatic carbocycles. The van der Waals surface area contributed by atoms with E-state index in [4.69, 9.17) is 5.73 Å². The average Bonchev–Trinajstić information content (AvgIpc) is 2.44. The van der Waals surface area contributed by atoms with E-state index < -0.39 is 30.6 Å². The van der Waals surface area contributed by atoms with E-state index in [1.165, 1.54) is 11.9 Å². The van der Waals surface area contributed by atoms with Crippen LogP contribution in [-0.4, -0.2) is 49.6 Å². The van der Waals surface area contributed by atoms with Gasteiger partial charge < -0.3 is 16.0 Å². The fourth-order valence-corrected chi connectivity index (χ4v) is 2.68. The minimum absolute atomic E-state index is 0.195. The molecule has 0 aromatic rings. The van der Waals surface area contributed by atoms with Crippen LogP contribution in [0.25, 0.3) is 0 Å². The van der Waals surface area contributed by atoms with Gasteiger partial charge in [-0.3, -0.25) is 9.59 Å². The molecule has 0 unspecified atom stereocenters. The predicted octanol–water partition coefficient (Wildman–Crippen LogP) is 1.03. The number of nitrogens with two attached hydrogens (primary N) is 1. The summed E-state index contributed by atoms with van der Waals surface area (Å²) in [7, 11) is 1.42. The average molecular weight is 309 g/mol. The van der Waals surface area contributed by atoms with Crippen molar-refractivity contribution in [3.05, 3.63) is 0 Å². The van der Waals surface area contributed by atoms with Crippen LogP contribution in [0.1, 0.15) is 32.1 Å². The lowest BCUT2D eigenvalue weighted by molar-refractivity contribution is -0.147. The van der Waals surface area contributed by atoms with E-state index in [0.717, 1.165) is 19.3 Å². The molecule has 5 nitrogen and oxygen atoms in total. The van der Waals surface area contributed by atoms with Crippen LogP contribution in [0.3, 0.4) is 0 Å². The second-order valence-corrected chi connectivity index (χ2v) is 5.60. The number of hydrogen-bond acceptors (Lipinski definition) is 3. The van der Waals surface area contributed by atoms with Crippen LogP contribution in [0.15, 0.2) is 0 Å². The van der Waals surface area contributed by atoms with Gasteiger partial charge in [0, 0.05) is 13.6 Å². The van der Waals surface area contributed by atoms with Gasteiger partial charge >= 0.3 is 6.18 Å². The molecular formula is C13H22F3N3O2. The van der Waals surface area contributed by atoms with Gasteiger partial charge in [-0.2, -0.15) is 13.2 Å². The van der Waals surface area contributed by atoms with Crippen LogP contribution in [0.2, 0.25) is 0 Å². The first-order valence-electron chi connectivity index (χ1n) is 6.99. The van der Waals surface area contributed by atoms with E-state index in [1.54, 1.807) is 5.32 Å². The summed E-state index contributed by atoms with van der Waals surface area (Å²) in [6.07, 6.45) is -0.285. The normalized spacial score (nSPS) is 18.1. The Hall–Kier alpha value is -1.31. The maximum absolute atomic E-state index is 12.4. The molecule has 0 saturated heterocycles. The highest BCUT2D eigenvalue weighted by molar-refractivity contribution is 5.88. The van der Waals surface area contributed by atoms with Crippen LogP contribution in [-0.2, 0) is 9.59 Å². The molecule has 0 aromatic carbocycles. The van der Waals surface area contributed by atoms with E-state index >= 15 is 0 Å². The Morgan fingerprint density at radius 1 is 1.24 bits per heavy atom. The number of alkyl halides is 3. The first-order valence-corrected chi connectivity index (χ1v) is 6.99. The van der Waals surface area contributed by atoms with Gasteiger partial charge in [0.15, 0.2) is 0 Å². The van der Waals surface area contributed by atoms with Gasteiger partial charge in [0.1, 0.15) is 6.54 Å². The number of rotatable bonds is 5. The largest absolute Gasteiger partial charge is 0.405 e. The molecule has 3 N–H and O–H groups in total. The molecular weight excluding hydrogens is 287 g/mol. The van der Waals surface area contributed by atoms with Crippen LogP contribution >= 0.6 is 0 Å². The highest BCUT2D eigenvalue weighted by atomic mass is 19.4. The summed E-state index contributed by atoms with van der Waals surface area (Å²) < 4.78 is 36.0. The number of halogens is 3. The standard InChI is InChI=1S/C13H22F3N3O2/c1-19(7-10(20)18-9-13(14,15)16)11(21)12(8-17)5-3-2-4-6-12/h2-9,17H2,1H3,(H,18,20). The summed E-state index contributed by atoms with van der Waals surface area (Å²) in [5, 5.41) is 1.75. The van der Waals surface area contributed by atoms with Crippen molar-refractivity contribution in [2.45, 2.75) is 38.3 Å². The number of hydrogen-bond donors (Lipinski definition) is 2. The molecule has 1 aliphatic rings. The van der Waals surface area contributed by atoms with Gasteiger partial charge in [-0.15, -0.1) is 0 Å². The molecule has 0 heterocycles. The highest BCUT2D eigenvalue weighted by Gasteiger charge is 2.40. The molecule has 8 heteroatoms. The van der Waals surface area contributed by atoms with Crippen molar-refractivity contribution in [3.63, 3.8) is 0 Å². The molecule has 1 saturated carbocycles. The third kappa shape index (κ3) is 5.18. The smallest absolute Gasteiger partial charge is 0.345 e. The van der Waals surface area contributed by atoms with Gasteiger partial charge in [0.2, 0.25) is 11.8 Å². The summed E-state index contributed by atoms with van der Waals surface area (Å²) in [6.45, 7) is -1.59. The summed E-state index contributed by atoms with van der Waals surface area (Å²) in [6, 6.07) is 0. The van der Waals surface area contributed by atoms with Crippen LogP contribution in [0.4, 0.5) is 13.2 Å². The summed E-state index contributed by atoms with van der Waals surface area (Å²) in [5.41, 5.74) is 5.06. The Labute approximate surface area is 122 Å². The minimum atomic E-state index is -4.46. The molecule has 0 radical (unpaired) electrons. The second-order valence-electron chi connectivity index (χ2n) is 5.60. The second kappa shape index (κ2) is 7.11. The molecule has 0 bridgehead atoms. The van der Waals surface area contributed by atoms with Crippen molar-refractivity contribution < 1.29 is 22.8 Å². The molecule has 122 valence electrons. The summed E-state index contributed by atoms with van der Waals surface area (Å²) in [5.74, 6) is -1.09. The lowest BCUT2D eigenvalue weighted by atomic mass is 9.73. The van der Waals surface area contributed by atoms with Crippen molar-refractivity contribution in [1.82, 2.24) is 10.2 Å². The zero-order chi connectivity index (χ0) is 16.1. The van der Waals surface area contributed by atoms with Crippen molar-refractivity contribution in [2.75, 3.05) is 26.7 Å². The van der Waals surface area contributed by atoms with Crippen LogP contribution in [0, 0.1) is 5.41 Å². The highest BCUT2D eigenvalue weighted by Crippen LogP contribution is 2.36. The first-order chi connectivity index (χ1) is 9.70. The van der Waals surface area contributed by atoms with Gasteiger partial charge in [0.25, 0.3) is 0 Å². The summed E-state index contributed by atoms with van der Waals surface area (Å²) in [4.78, 5) is 25.0. The van der Waals surface area contributed by atoms with Gasteiger partial charge in [-0.1, -0.05) is 19.3 Å². The van der Waals surface area contributed by atoms with Crippen LogP contribution < -0.4 is 11.1 Å². The SMILES string of the molecule is CN(CC(=O)NCC(F)(F)F)C(=O)C1(CN)CCCCC1. The lowest BCUT2D eigenvalue weighted by Crippen LogP contribution is -2.50. The maximum atomic E-state index is 12.4. The Bertz CT molecular complexity index is 379. The van der Waals surface area contributed by atoms with E-state index in [-0.39, 0.29) is 12.5 Å². The van der Waals surface area contributed by atoms with Gasteiger partial charge in [-0.25, -0.2) is 0 Å². The Kier molecular flexibility index (Phi) is 6.00. The lowest BCUT2D eigenvalue weighted by Gasteiger charge is -2.37. The van der Waals surface area contributed by atoms with Crippen LogP contribution in [0.5, 0.6) is 0 Å². The maximum Gasteiger partial charge on any atom is 0.405 e. The summed E-state index contributed by atoms with van der Waals surface area (Å²) >= 11 is 0. The van der Waals surface area contributed by atoms with Gasteiger partial charge in [-0.05, 0) is 12.8 Å². The van der Waals surface area contributed by atoms with E-state index in [9.17, 15) is 22.8 Å². The van der Waals surface area contributed by atoms with E-state index in [1.807, 2.05) is 0 Å². The van der Waals surface area contributed by atoms with Crippen molar-refractivity contribution >= 4 is 11.8 Å². The van der Waals surface area contributed by atoms with Crippen molar-refractivity contribution in [1.29, 1.82) is 0 Å². The number of amides is 2. The number of carbonyl (C=O) groups is 2. The number of nitrogens with one attached hydrogen (secondary N) is 1. The zero-order valence-electron chi connectivity index (χ0n) is 12.1. The third-order valence-electron chi connectivity index (χ3n) is 3.87. The van der Waals surface area contributed by atoms with Crippen molar-refractivity contribution in [3.8, 4) is 0 Å².